The molecule has 3 rings (SSSR count). The lowest BCUT2D eigenvalue weighted by Crippen LogP contribution is -2.36. The second-order valence-corrected chi connectivity index (χ2v) is 5.20. The minimum atomic E-state index is -0.891. The molecule has 0 spiro atoms. The number of nitrogens with one attached hydrogen (secondary N) is 1. The molecule has 2 unspecified atom stereocenters. The van der Waals surface area contributed by atoms with E-state index in [1.807, 2.05) is 12.2 Å². The first-order valence-corrected chi connectivity index (χ1v) is 6.28. The number of anilines is 1. The average molecular weight is 261 g/mol. The number of aromatic nitrogens is 2. The van der Waals surface area contributed by atoms with Crippen molar-refractivity contribution < 1.29 is 14.7 Å². The summed E-state index contributed by atoms with van der Waals surface area (Å²) >= 11 is 0. The number of carbonyl (C=O) groups excluding carboxylic acids is 1. The highest BCUT2D eigenvalue weighted by atomic mass is 16.4. The number of aryl methyl sites for hydroxylation is 1. The molecule has 2 aliphatic rings. The van der Waals surface area contributed by atoms with Crippen molar-refractivity contribution >= 4 is 17.7 Å². The number of nitrogens with zero attached hydrogens (tertiary/aromatic N) is 2. The van der Waals surface area contributed by atoms with E-state index in [1.54, 1.807) is 24.0 Å². The van der Waals surface area contributed by atoms with Crippen molar-refractivity contribution in [1.82, 2.24) is 9.78 Å². The predicted molar refractivity (Wildman–Crippen MR) is 67.2 cm³/mol. The van der Waals surface area contributed by atoms with Crippen LogP contribution in [0.15, 0.2) is 24.4 Å². The number of hydrogen-bond donors (Lipinski definition) is 2. The van der Waals surface area contributed by atoms with Crippen molar-refractivity contribution in [3.8, 4) is 0 Å². The molecular formula is C13H15N3O3. The number of hydrogen-bond acceptors (Lipinski definition) is 3. The van der Waals surface area contributed by atoms with Gasteiger partial charge in [-0.1, -0.05) is 12.2 Å². The molecule has 1 heterocycles. The molecule has 2 aliphatic carbocycles. The maximum absolute atomic E-state index is 12.3. The third kappa shape index (κ3) is 1.93. The smallest absolute Gasteiger partial charge is 0.307 e. The standard InChI is InChI=1S/C13H15N3O3/c1-16-5-4-9(15-16)14-12(17)10-7-2-3-8(6-7)11(10)13(18)19/h2-5,7-8,10-11H,6H2,1H3,(H,18,19)(H,14,15,17)/t7?,8?,10-,11+/m0/s1. The molecule has 1 saturated carbocycles. The Morgan fingerprint density at radius 3 is 2.63 bits per heavy atom. The zero-order valence-electron chi connectivity index (χ0n) is 10.5. The zero-order valence-corrected chi connectivity index (χ0v) is 10.5. The summed E-state index contributed by atoms with van der Waals surface area (Å²) in [7, 11) is 1.76. The van der Waals surface area contributed by atoms with Crippen LogP contribution in [0.5, 0.6) is 0 Å². The molecule has 6 nitrogen and oxygen atoms in total. The Balaban J connectivity index is 1.79. The van der Waals surface area contributed by atoms with Crippen LogP contribution in [0.3, 0.4) is 0 Å². The van der Waals surface area contributed by atoms with Gasteiger partial charge in [-0.2, -0.15) is 5.10 Å². The number of rotatable bonds is 3. The SMILES string of the molecule is Cn1ccc(NC(=O)[C@H]2C3C=CC(C3)[C@H]2C(=O)O)n1. The largest absolute Gasteiger partial charge is 0.481 e. The molecule has 2 bridgehead atoms. The molecule has 0 saturated heterocycles. The fourth-order valence-corrected chi connectivity index (χ4v) is 3.21. The summed E-state index contributed by atoms with van der Waals surface area (Å²) in [6.07, 6.45) is 6.38. The van der Waals surface area contributed by atoms with Crippen LogP contribution in [0, 0.1) is 23.7 Å². The second kappa shape index (κ2) is 4.22. The van der Waals surface area contributed by atoms with E-state index in [2.05, 4.69) is 10.4 Å². The van der Waals surface area contributed by atoms with Crippen molar-refractivity contribution in [3.05, 3.63) is 24.4 Å². The quantitative estimate of drug-likeness (QED) is 0.791. The molecule has 0 aliphatic heterocycles. The highest BCUT2D eigenvalue weighted by molar-refractivity contribution is 5.95. The maximum atomic E-state index is 12.3. The Hall–Kier alpha value is -2.11. The topological polar surface area (TPSA) is 84.2 Å². The zero-order chi connectivity index (χ0) is 13.6. The van der Waals surface area contributed by atoms with Gasteiger partial charge < -0.3 is 10.4 Å². The molecular weight excluding hydrogens is 246 g/mol. The van der Waals surface area contributed by atoms with Crippen LogP contribution in [-0.4, -0.2) is 26.8 Å². The van der Waals surface area contributed by atoms with E-state index >= 15 is 0 Å². The second-order valence-electron chi connectivity index (χ2n) is 5.20. The van der Waals surface area contributed by atoms with Crippen LogP contribution < -0.4 is 5.32 Å². The van der Waals surface area contributed by atoms with E-state index < -0.39 is 17.8 Å². The predicted octanol–water partition coefficient (Wildman–Crippen LogP) is 0.881. The van der Waals surface area contributed by atoms with Gasteiger partial charge in [-0.25, -0.2) is 0 Å². The van der Waals surface area contributed by atoms with E-state index in [4.69, 9.17) is 0 Å². The minimum Gasteiger partial charge on any atom is -0.481 e. The molecule has 4 atom stereocenters. The molecule has 19 heavy (non-hydrogen) atoms. The van der Waals surface area contributed by atoms with E-state index in [0.29, 0.717) is 5.82 Å². The Morgan fingerprint density at radius 1 is 1.37 bits per heavy atom. The van der Waals surface area contributed by atoms with Gasteiger partial charge in [-0.15, -0.1) is 0 Å². The summed E-state index contributed by atoms with van der Waals surface area (Å²) in [6.45, 7) is 0. The van der Waals surface area contributed by atoms with Crippen LogP contribution in [0.4, 0.5) is 5.82 Å². The summed E-state index contributed by atoms with van der Waals surface area (Å²) in [6, 6.07) is 1.69. The fourth-order valence-electron chi connectivity index (χ4n) is 3.21. The lowest BCUT2D eigenvalue weighted by Gasteiger charge is -2.23. The van der Waals surface area contributed by atoms with E-state index in [1.165, 1.54) is 0 Å². The Labute approximate surface area is 110 Å². The molecule has 0 aromatic carbocycles. The monoisotopic (exact) mass is 261 g/mol. The highest BCUT2D eigenvalue weighted by Crippen LogP contribution is 2.48. The number of carboxylic acids is 1. The fraction of sp³-hybridized carbons (Fsp3) is 0.462. The van der Waals surface area contributed by atoms with E-state index in [0.717, 1.165) is 6.42 Å². The number of allylic oxidation sites excluding steroid dienone is 2. The number of carboxylic acid groups (broad SMARTS) is 1. The van der Waals surface area contributed by atoms with Gasteiger partial charge in [0, 0.05) is 19.3 Å². The number of fused-ring (bicyclic) bond motifs is 2. The van der Waals surface area contributed by atoms with Gasteiger partial charge in [0.15, 0.2) is 5.82 Å². The summed E-state index contributed by atoms with van der Waals surface area (Å²) in [5.41, 5.74) is 0. The lowest BCUT2D eigenvalue weighted by molar-refractivity contribution is -0.146. The van der Waals surface area contributed by atoms with E-state index in [-0.39, 0.29) is 17.7 Å². The van der Waals surface area contributed by atoms with Crippen LogP contribution in [0.25, 0.3) is 0 Å². The van der Waals surface area contributed by atoms with Gasteiger partial charge in [0.1, 0.15) is 0 Å². The Kier molecular flexibility index (Phi) is 2.66. The van der Waals surface area contributed by atoms with Crippen molar-refractivity contribution in [3.63, 3.8) is 0 Å². The van der Waals surface area contributed by atoms with Crippen molar-refractivity contribution in [1.29, 1.82) is 0 Å². The summed E-state index contributed by atoms with van der Waals surface area (Å²) in [4.78, 5) is 23.6. The van der Waals surface area contributed by atoms with Gasteiger partial charge in [-0.3, -0.25) is 14.3 Å². The van der Waals surface area contributed by atoms with Crippen molar-refractivity contribution in [2.75, 3.05) is 5.32 Å². The van der Waals surface area contributed by atoms with Crippen molar-refractivity contribution in [2.45, 2.75) is 6.42 Å². The molecule has 1 aromatic rings. The third-order valence-corrected chi connectivity index (χ3v) is 4.01. The number of aliphatic carboxylic acids is 1. The summed E-state index contributed by atoms with van der Waals surface area (Å²) in [5.74, 6) is -1.76. The molecule has 0 radical (unpaired) electrons. The lowest BCUT2D eigenvalue weighted by atomic mass is 9.82. The maximum Gasteiger partial charge on any atom is 0.307 e. The Bertz CT molecular complexity index is 563. The van der Waals surface area contributed by atoms with Crippen LogP contribution in [0.2, 0.25) is 0 Å². The molecule has 1 amide bonds. The third-order valence-electron chi connectivity index (χ3n) is 4.01. The van der Waals surface area contributed by atoms with Gasteiger partial charge in [0.05, 0.1) is 11.8 Å². The van der Waals surface area contributed by atoms with Crippen molar-refractivity contribution in [2.24, 2.45) is 30.7 Å². The highest BCUT2D eigenvalue weighted by Gasteiger charge is 2.51. The van der Waals surface area contributed by atoms with Crippen LogP contribution >= 0.6 is 0 Å². The molecule has 2 N–H and O–H groups in total. The van der Waals surface area contributed by atoms with Crippen LogP contribution in [0.1, 0.15) is 6.42 Å². The molecule has 6 heteroatoms. The summed E-state index contributed by atoms with van der Waals surface area (Å²) < 4.78 is 1.59. The van der Waals surface area contributed by atoms with Gasteiger partial charge in [0.25, 0.3) is 0 Å². The first kappa shape index (κ1) is 12.0. The number of amides is 1. The number of carbonyl (C=O) groups is 2. The van der Waals surface area contributed by atoms with E-state index in [9.17, 15) is 14.7 Å². The van der Waals surface area contributed by atoms with Gasteiger partial charge in [-0.05, 0) is 18.3 Å². The Morgan fingerprint density at radius 2 is 2.05 bits per heavy atom. The normalized spacial score (nSPS) is 31.6. The minimum absolute atomic E-state index is 0.0121. The molecule has 1 aromatic heterocycles. The summed E-state index contributed by atoms with van der Waals surface area (Å²) in [5, 5.41) is 16.1. The first-order chi connectivity index (χ1) is 9.06. The first-order valence-electron chi connectivity index (χ1n) is 6.28. The average Bonchev–Trinajstić information content (AvgIpc) is 3.03. The van der Waals surface area contributed by atoms with Crippen LogP contribution in [-0.2, 0) is 16.6 Å². The van der Waals surface area contributed by atoms with Gasteiger partial charge in [0.2, 0.25) is 5.91 Å². The molecule has 1 fully saturated rings. The van der Waals surface area contributed by atoms with Gasteiger partial charge >= 0.3 is 5.97 Å². The molecule has 100 valence electrons.